The molecule has 0 heterocycles. The summed E-state index contributed by atoms with van der Waals surface area (Å²) in [4.78, 5) is 0. The van der Waals surface area contributed by atoms with Crippen LogP contribution in [0.5, 0.6) is 0 Å². The molecule has 0 aromatic rings. The quantitative estimate of drug-likeness (QED) is 0.796. The van der Waals surface area contributed by atoms with E-state index in [2.05, 4.69) is 12.2 Å². The lowest BCUT2D eigenvalue weighted by atomic mass is 9.81. The van der Waals surface area contributed by atoms with Crippen molar-refractivity contribution in [1.82, 2.24) is 5.32 Å². The van der Waals surface area contributed by atoms with Crippen LogP contribution in [-0.4, -0.2) is 32.5 Å². The summed E-state index contributed by atoms with van der Waals surface area (Å²) < 4.78 is 42.5. The molecule has 5 heteroatoms. The van der Waals surface area contributed by atoms with Crippen molar-refractivity contribution in [2.75, 3.05) is 20.3 Å². The molecule has 1 aliphatic carbocycles. The van der Waals surface area contributed by atoms with Crippen molar-refractivity contribution < 1.29 is 17.9 Å². The maximum absolute atomic E-state index is 12.5. The first kappa shape index (κ1) is 15.8. The zero-order chi connectivity index (χ0) is 13.6. The molecule has 1 atom stereocenters. The first-order valence-electron chi connectivity index (χ1n) is 6.72. The van der Waals surface area contributed by atoms with Gasteiger partial charge in [-0.3, -0.25) is 0 Å². The molecule has 2 nitrogen and oxygen atoms in total. The molecular formula is C13H24F3NO. The van der Waals surface area contributed by atoms with Crippen molar-refractivity contribution in [2.45, 2.75) is 51.2 Å². The second-order valence-corrected chi connectivity index (χ2v) is 5.35. The zero-order valence-corrected chi connectivity index (χ0v) is 11.2. The highest BCUT2D eigenvalue weighted by Crippen LogP contribution is 2.39. The van der Waals surface area contributed by atoms with Crippen molar-refractivity contribution in [1.29, 1.82) is 0 Å². The van der Waals surface area contributed by atoms with Crippen molar-refractivity contribution in [2.24, 2.45) is 11.8 Å². The molecule has 1 rings (SSSR count). The van der Waals surface area contributed by atoms with Crippen LogP contribution in [0.2, 0.25) is 0 Å². The van der Waals surface area contributed by atoms with E-state index in [1.807, 2.05) is 0 Å². The van der Waals surface area contributed by atoms with E-state index in [1.54, 1.807) is 7.11 Å². The van der Waals surface area contributed by atoms with E-state index in [4.69, 9.17) is 4.74 Å². The summed E-state index contributed by atoms with van der Waals surface area (Å²) in [6.07, 6.45) is -1.09. The maximum Gasteiger partial charge on any atom is 0.391 e. The van der Waals surface area contributed by atoms with Gasteiger partial charge in [0, 0.05) is 19.8 Å². The van der Waals surface area contributed by atoms with E-state index >= 15 is 0 Å². The summed E-state index contributed by atoms with van der Waals surface area (Å²) in [6, 6.07) is 0.366. The van der Waals surface area contributed by atoms with Gasteiger partial charge >= 0.3 is 6.18 Å². The van der Waals surface area contributed by atoms with E-state index < -0.39 is 12.1 Å². The van der Waals surface area contributed by atoms with Crippen molar-refractivity contribution >= 4 is 0 Å². The van der Waals surface area contributed by atoms with Gasteiger partial charge in [0.2, 0.25) is 0 Å². The predicted molar refractivity (Wildman–Crippen MR) is 65.5 cm³/mol. The fourth-order valence-corrected chi connectivity index (χ4v) is 2.46. The number of nitrogens with one attached hydrogen (secondary N) is 1. The Kier molecular flexibility index (Phi) is 6.43. The molecule has 0 aromatic heterocycles. The Hall–Kier alpha value is -0.290. The van der Waals surface area contributed by atoms with E-state index in [1.165, 1.54) is 0 Å². The Morgan fingerprint density at radius 2 is 1.83 bits per heavy atom. The molecule has 18 heavy (non-hydrogen) atoms. The van der Waals surface area contributed by atoms with Crippen LogP contribution in [0.25, 0.3) is 0 Å². The highest BCUT2D eigenvalue weighted by molar-refractivity contribution is 4.78. The standard InChI is InChI=1S/C13H24F3NO/c1-10(7-8-18-2)17-9-11-3-5-12(6-4-11)13(14,15)16/h10-12,17H,3-9H2,1-2H3. The van der Waals surface area contributed by atoms with Crippen LogP contribution in [0.1, 0.15) is 39.0 Å². The highest BCUT2D eigenvalue weighted by Gasteiger charge is 2.41. The number of methoxy groups -OCH3 is 1. The molecule has 108 valence electrons. The second kappa shape index (κ2) is 7.34. The Morgan fingerprint density at radius 3 is 2.33 bits per heavy atom. The first-order valence-corrected chi connectivity index (χ1v) is 6.72. The molecule has 1 fully saturated rings. The number of alkyl halides is 3. The van der Waals surface area contributed by atoms with Gasteiger partial charge in [0.05, 0.1) is 5.92 Å². The van der Waals surface area contributed by atoms with Crippen LogP contribution in [0.15, 0.2) is 0 Å². The van der Waals surface area contributed by atoms with Crippen LogP contribution in [0.4, 0.5) is 13.2 Å². The molecule has 1 aliphatic rings. The van der Waals surface area contributed by atoms with Gasteiger partial charge in [-0.15, -0.1) is 0 Å². The van der Waals surface area contributed by atoms with Gasteiger partial charge in [-0.2, -0.15) is 13.2 Å². The van der Waals surface area contributed by atoms with E-state index in [-0.39, 0.29) is 0 Å². The first-order chi connectivity index (χ1) is 8.43. The third-order valence-electron chi connectivity index (χ3n) is 3.82. The molecule has 1 unspecified atom stereocenters. The largest absolute Gasteiger partial charge is 0.391 e. The van der Waals surface area contributed by atoms with Gasteiger partial charge in [-0.05, 0) is 51.5 Å². The molecule has 0 spiro atoms. The molecule has 0 amide bonds. The van der Waals surface area contributed by atoms with Gasteiger partial charge in [0.15, 0.2) is 0 Å². The van der Waals surface area contributed by atoms with Gasteiger partial charge in [-0.25, -0.2) is 0 Å². The van der Waals surface area contributed by atoms with Gasteiger partial charge < -0.3 is 10.1 Å². The van der Waals surface area contributed by atoms with Crippen molar-refractivity contribution in [3.8, 4) is 0 Å². The summed E-state index contributed by atoms with van der Waals surface area (Å²) in [5, 5.41) is 3.38. The molecule has 1 N–H and O–H groups in total. The topological polar surface area (TPSA) is 21.3 Å². The molecule has 0 aliphatic heterocycles. The summed E-state index contributed by atoms with van der Waals surface area (Å²) >= 11 is 0. The third-order valence-corrected chi connectivity index (χ3v) is 3.82. The fourth-order valence-electron chi connectivity index (χ4n) is 2.46. The SMILES string of the molecule is COCCC(C)NCC1CCC(C(F)(F)F)CC1. The van der Waals surface area contributed by atoms with E-state index in [0.717, 1.165) is 19.6 Å². The Balaban J connectivity index is 2.16. The number of hydrogen-bond donors (Lipinski definition) is 1. The summed E-state index contributed by atoms with van der Waals surface area (Å²) in [5.41, 5.74) is 0. The Labute approximate surface area is 107 Å². The summed E-state index contributed by atoms with van der Waals surface area (Å²) in [5.74, 6) is -0.673. The van der Waals surface area contributed by atoms with E-state index in [0.29, 0.717) is 37.6 Å². The minimum absolute atomic E-state index is 0.294. The summed E-state index contributed by atoms with van der Waals surface area (Å²) in [7, 11) is 1.67. The van der Waals surface area contributed by atoms with Crippen LogP contribution in [0, 0.1) is 11.8 Å². The van der Waals surface area contributed by atoms with Gasteiger partial charge in [0.1, 0.15) is 0 Å². The summed E-state index contributed by atoms with van der Waals surface area (Å²) in [6.45, 7) is 3.63. The number of rotatable bonds is 6. The third kappa shape index (κ3) is 5.57. The minimum Gasteiger partial charge on any atom is -0.385 e. The molecule has 0 saturated heterocycles. The number of hydrogen-bond acceptors (Lipinski definition) is 2. The average molecular weight is 267 g/mol. The van der Waals surface area contributed by atoms with Crippen LogP contribution >= 0.6 is 0 Å². The molecule has 0 bridgehead atoms. The lowest BCUT2D eigenvalue weighted by Crippen LogP contribution is -2.35. The maximum atomic E-state index is 12.5. The number of halogens is 3. The second-order valence-electron chi connectivity index (χ2n) is 5.35. The number of ether oxygens (including phenoxy) is 1. The normalized spacial score (nSPS) is 27.2. The Morgan fingerprint density at radius 1 is 1.22 bits per heavy atom. The predicted octanol–water partition coefficient (Wildman–Crippen LogP) is 3.37. The van der Waals surface area contributed by atoms with Crippen molar-refractivity contribution in [3.63, 3.8) is 0 Å². The van der Waals surface area contributed by atoms with E-state index in [9.17, 15) is 13.2 Å². The molecular weight excluding hydrogens is 243 g/mol. The fraction of sp³-hybridized carbons (Fsp3) is 1.00. The average Bonchev–Trinajstić information content (AvgIpc) is 2.33. The van der Waals surface area contributed by atoms with Gasteiger partial charge in [-0.1, -0.05) is 0 Å². The molecule has 0 aromatic carbocycles. The smallest absolute Gasteiger partial charge is 0.385 e. The van der Waals surface area contributed by atoms with Crippen LogP contribution in [-0.2, 0) is 4.74 Å². The lowest BCUT2D eigenvalue weighted by Gasteiger charge is -2.30. The highest BCUT2D eigenvalue weighted by atomic mass is 19.4. The van der Waals surface area contributed by atoms with Gasteiger partial charge in [0.25, 0.3) is 0 Å². The van der Waals surface area contributed by atoms with Crippen LogP contribution < -0.4 is 5.32 Å². The Bertz CT molecular complexity index is 225. The zero-order valence-electron chi connectivity index (χ0n) is 11.2. The van der Waals surface area contributed by atoms with Crippen LogP contribution in [0.3, 0.4) is 0 Å². The minimum atomic E-state index is -4.00. The molecule has 1 saturated carbocycles. The monoisotopic (exact) mass is 267 g/mol. The van der Waals surface area contributed by atoms with Crippen molar-refractivity contribution in [3.05, 3.63) is 0 Å². The lowest BCUT2D eigenvalue weighted by molar-refractivity contribution is -0.183. The molecule has 0 radical (unpaired) electrons.